The van der Waals surface area contributed by atoms with Crippen LogP contribution in [0.4, 0.5) is 0 Å². The number of aromatic nitrogens is 4. The zero-order valence-corrected chi connectivity index (χ0v) is 25.0. The first-order valence-corrected chi connectivity index (χ1v) is 15.5. The third-order valence-corrected chi connectivity index (χ3v) is 8.82. The maximum atomic E-state index is 5.56. The minimum absolute atomic E-state index is 0.839. The summed E-state index contributed by atoms with van der Waals surface area (Å²) in [5, 5.41) is 2.36. The summed E-state index contributed by atoms with van der Waals surface area (Å²) in [6, 6.07) is 57.6. The predicted octanol–water partition coefficient (Wildman–Crippen LogP) is 10.5. The molecule has 0 N–H and O–H groups in total. The second kappa shape index (κ2) is 10.7. The van der Waals surface area contributed by atoms with Gasteiger partial charge in [0.1, 0.15) is 0 Å². The van der Waals surface area contributed by atoms with Crippen LogP contribution < -0.4 is 0 Å². The molecule has 0 unspecified atom stereocenters. The van der Waals surface area contributed by atoms with E-state index < -0.39 is 0 Å². The van der Waals surface area contributed by atoms with Crippen molar-refractivity contribution in [3.8, 4) is 45.1 Å². The lowest BCUT2D eigenvalue weighted by molar-refractivity contribution is 0.957. The molecule has 0 atom stereocenters. The van der Waals surface area contributed by atoms with Crippen molar-refractivity contribution in [1.29, 1.82) is 0 Å². The van der Waals surface area contributed by atoms with E-state index in [1.165, 1.54) is 10.8 Å². The van der Waals surface area contributed by atoms with Gasteiger partial charge in [-0.3, -0.25) is 14.1 Å². The Morgan fingerprint density at radius 1 is 0.413 bits per heavy atom. The van der Waals surface area contributed by atoms with Gasteiger partial charge in [0, 0.05) is 33.7 Å². The lowest BCUT2D eigenvalue weighted by Gasteiger charge is -2.16. The molecular weight excluding hydrogens is 560 g/mol. The number of nitrogens with zero attached hydrogens (tertiary/aromatic N) is 4. The molecule has 4 nitrogen and oxygen atoms in total. The van der Waals surface area contributed by atoms with Crippen molar-refractivity contribution >= 4 is 32.8 Å². The van der Waals surface area contributed by atoms with Crippen LogP contribution in [0, 0.1) is 0 Å². The fraction of sp³-hybridized carbons (Fsp3) is 0. The first-order valence-electron chi connectivity index (χ1n) is 15.5. The number of imidazole rings is 1. The average molecular weight is 589 g/mol. The van der Waals surface area contributed by atoms with Gasteiger partial charge in [0.2, 0.25) is 5.95 Å². The Balaban J connectivity index is 1.43. The van der Waals surface area contributed by atoms with E-state index in [1.54, 1.807) is 0 Å². The van der Waals surface area contributed by atoms with Crippen LogP contribution in [-0.4, -0.2) is 19.1 Å². The summed E-state index contributed by atoms with van der Waals surface area (Å²) in [5.41, 5.74) is 11.8. The Hall–Kier alpha value is -6.26. The number of para-hydroxylation sites is 3. The number of benzene rings is 6. The van der Waals surface area contributed by atoms with Crippen LogP contribution in [-0.2, 0) is 0 Å². The largest absolute Gasteiger partial charge is 0.279 e. The molecule has 0 spiro atoms. The molecule has 3 heterocycles. The maximum Gasteiger partial charge on any atom is 0.220 e. The lowest BCUT2D eigenvalue weighted by Crippen LogP contribution is -2.06. The zero-order chi connectivity index (χ0) is 30.5. The van der Waals surface area contributed by atoms with E-state index in [2.05, 4.69) is 166 Å². The van der Waals surface area contributed by atoms with Gasteiger partial charge >= 0.3 is 0 Å². The molecule has 4 heteroatoms. The van der Waals surface area contributed by atoms with Crippen LogP contribution in [0.1, 0.15) is 0 Å². The fourth-order valence-electron chi connectivity index (χ4n) is 6.73. The van der Waals surface area contributed by atoms with Gasteiger partial charge in [-0.15, -0.1) is 0 Å². The van der Waals surface area contributed by atoms with Gasteiger partial charge in [-0.05, 0) is 47.5 Å². The van der Waals surface area contributed by atoms with Crippen LogP contribution in [0.15, 0.2) is 170 Å². The van der Waals surface area contributed by atoms with E-state index in [0.29, 0.717) is 0 Å². The Labute approximate surface area is 266 Å². The van der Waals surface area contributed by atoms with Crippen LogP contribution in [0.2, 0.25) is 0 Å². The second-order valence-electron chi connectivity index (χ2n) is 11.5. The van der Waals surface area contributed by atoms with Gasteiger partial charge in [-0.25, -0.2) is 4.98 Å². The highest BCUT2D eigenvalue weighted by atomic mass is 15.2. The lowest BCUT2D eigenvalue weighted by atomic mass is 10.0. The predicted molar refractivity (Wildman–Crippen MR) is 190 cm³/mol. The number of fused-ring (bicyclic) bond motifs is 4. The van der Waals surface area contributed by atoms with Crippen LogP contribution in [0.3, 0.4) is 0 Å². The molecule has 0 amide bonds. The average Bonchev–Trinajstić information content (AvgIpc) is 3.68. The van der Waals surface area contributed by atoms with E-state index in [4.69, 9.17) is 4.98 Å². The summed E-state index contributed by atoms with van der Waals surface area (Å²) in [4.78, 5) is 10.2. The van der Waals surface area contributed by atoms with Crippen LogP contribution in [0.25, 0.3) is 78.0 Å². The molecule has 3 aromatic heterocycles. The van der Waals surface area contributed by atoms with E-state index in [-0.39, 0.29) is 0 Å². The monoisotopic (exact) mass is 588 g/mol. The van der Waals surface area contributed by atoms with Gasteiger partial charge in [0.15, 0.2) is 0 Å². The molecule has 0 saturated carbocycles. The number of hydrogen-bond acceptors (Lipinski definition) is 2. The number of hydrogen-bond donors (Lipinski definition) is 0. The quantitative estimate of drug-likeness (QED) is 0.200. The van der Waals surface area contributed by atoms with Crippen molar-refractivity contribution in [2.24, 2.45) is 0 Å². The topological polar surface area (TPSA) is 35.6 Å². The smallest absolute Gasteiger partial charge is 0.220 e. The van der Waals surface area contributed by atoms with Gasteiger partial charge in [0.25, 0.3) is 0 Å². The van der Waals surface area contributed by atoms with Crippen molar-refractivity contribution in [3.63, 3.8) is 0 Å². The maximum absolute atomic E-state index is 5.56. The Morgan fingerprint density at radius 3 is 1.87 bits per heavy atom. The number of rotatable bonds is 5. The molecule has 9 aromatic rings. The first-order chi connectivity index (χ1) is 22.8. The van der Waals surface area contributed by atoms with Gasteiger partial charge in [-0.2, -0.15) is 0 Å². The molecule has 9 rings (SSSR count). The highest BCUT2D eigenvalue weighted by Gasteiger charge is 2.23. The molecule has 0 saturated heterocycles. The van der Waals surface area contributed by atoms with Crippen molar-refractivity contribution in [2.45, 2.75) is 0 Å². The normalized spacial score (nSPS) is 11.5. The summed E-state index contributed by atoms with van der Waals surface area (Å²) in [6.07, 6.45) is 1.85. The number of pyridine rings is 1. The van der Waals surface area contributed by atoms with Crippen molar-refractivity contribution in [3.05, 3.63) is 170 Å². The molecular formula is C42H28N4. The Bertz CT molecular complexity index is 2510. The highest BCUT2D eigenvalue weighted by Crippen LogP contribution is 2.39. The SMILES string of the molecule is c1ccc(-c2ccccc2-n2c(-n3c4ccccc4c4ccc(-c5ccccn5)cc43)nc3c(-c4ccccc4)cccc32)cc1. The molecule has 0 aliphatic heterocycles. The minimum Gasteiger partial charge on any atom is -0.279 e. The molecule has 6 aromatic carbocycles. The third-order valence-electron chi connectivity index (χ3n) is 8.82. The molecule has 0 aliphatic carbocycles. The molecule has 0 fully saturated rings. The molecule has 46 heavy (non-hydrogen) atoms. The minimum atomic E-state index is 0.839. The van der Waals surface area contributed by atoms with Crippen LogP contribution >= 0.6 is 0 Å². The van der Waals surface area contributed by atoms with Crippen molar-refractivity contribution in [1.82, 2.24) is 19.1 Å². The summed E-state index contributed by atoms with van der Waals surface area (Å²) in [6.45, 7) is 0. The van der Waals surface area contributed by atoms with Crippen LogP contribution in [0.5, 0.6) is 0 Å². The summed E-state index contributed by atoms with van der Waals surface area (Å²) >= 11 is 0. The highest BCUT2D eigenvalue weighted by molar-refractivity contribution is 6.10. The van der Waals surface area contributed by atoms with E-state index in [1.807, 2.05) is 18.3 Å². The van der Waals surface area contributed by atoms with E-state index >= 15 is 0 Å². The molecule has 0 radical (unpaired) electrons. The molecule has 0 aliphatic rings. The van der Waals surface area contributed by atoms with Gasteiger partial charge < -0.3 is 0 Å². The van der Waals surface area contributed by atoms with E-state index in [0.717, 1.165) is 67.2 Å². The molecule has 216 valence electrons. The first kappa shape index (κ1) is 26.2. The summed E-state index contributed by atoms with van der Waals surface area (Å²) < 4.78 is 4.66. The Morgan fingerprint density at radius 2 is 1.07 bits per heavy atom. The summed E-state index contributed by atoms with van der Waals surface area (Å²) in [5.74, 6) is 0.839. The Kier molecular flexibility index (Phi) is 6.10. The zero-order valence-electron chi connectivity index (χ0n) is 25.0. The van der Waals surface area contributed by atoms with Crippen molar-refractivity contribution < 1.29 is 0 Å². The van der Waals surface area contributed by atoms with Gasteiger partial charge in [-0.1, -0.05) is 127 Å². The van der Waals surface area contributed by atoms with Gasteiger partial charge in [0.05, 0.1) is 33.4 Å². The van der Waals surface area contributed by atoms with Crippen molar-refractivity contribution in [2.75, 3.05) is 0 Å². The third kappa shape index (κ3) is 4.15. The summed E-state index contributed by atoms with van der Waals surface area (Å²) in [7, 11) is 0. The molecule has 0 bridgehead atoms. The van der Waals surface area contributed by atoms with E-state index in [9.17, 15) is 0 Å². The standard InChI is InChI=1S/C42H28N4/c1-3-14-29(15-4-1)32-18-7-9-22-37(32)45-39-24-13-20-33(30-16-5-2-6-17-30)41(39)44-42(45)46-38-23-10-8-19-34(38)35-26-25-31(28-40(35)46)36-21-11-12-27-43-36/h1-28H. The second-order valence-corrected chi connectivity index (χ2v) is 11.5. The fourth-order valence-corrected chi connectivity index (χ4v) is 6.73.